The molecule has 1 rings (SSSR count). The molecule has 1 aromatic rings. The molecule has 0 unspecified atom stereocenters. The Balaban J connectivity index is 3.36. The van der Waals surface area contributed by atoms with Crippen LogP contribution in [0.25, 0.3) is 0 Å². The minimum atomic E-state index is -0.194. The highest BCUT2D eigenvalue weighted by Gasteiger charge is 1.94. The van der Waals surface area contributed by atoms with Crippen LogP contribution in [0.2, 0.25) is 0 Å². The van der Waals surface area contributed by atoms with Crippen molar-refractivity contribution in [1.29, 1.82) is 5.26 Å². The van der Waals surface area contributed by atoms with E-state index in [1.807, 2.05) is 0 Å². The van der Waals surface area contributed by atoms with Crippen LogP contribution >= 0.6 is 0 Å². The van der Waals surface area contributed by atoms with Crippen LogP contribution in [0.5, 0.6) is 0 Å². The Morgan fingerprint density at radius 2 is 2.30 bits per heavy atom. The average Bonchev–Trinajstić information content (AvgIpc) is 1.85. The number of hydrogen-bond donors (Lipinski definition) is 0. The van der Waals surface area contributed by atoms with Crippen LogP contribution < -0.4 is 5.43 Å². The maximum absolute atomic E-state index is 10.7. The molecular formula is C7H5NO2. The number of nitriles is 1. The largest absolute Gasteiger partial charge is 0.451 e. The Hall–Kier alpha value is -1.56. The smallest absolute Gasteiger partial charge is 0.207 e. The maximum Gasteiger partial charge on any atom is 0.207 e. The lowest BCUT2D eigenvalue weighted by Crippen LogP contribution is -1.97. The quantitative estimate of drug-likeness (QED) is 0.529. The van der Waals surface area contributed by atoms with Crippen LogP contribution in [0.1, 0.15) is 11.5 Å². The molecular weight excluding hydrogens is 130 g/mol. The van der Waals surface area contributed by atoms with Crippen molar-refractivity contribution < 1.29 is 4.42 Å². The first-order valence-corrected chi connectivity index (χ1v) is 2.74. The topological polar surface area (TPSA) is 54.0 Å². The first-order valence-electron chi connectivity index (χ1n) is 2.74. The molecule has 50 valence electrons. The molecule has 3 heteroatoms. The summed E-state index contributed by atoms with van der Waals surface area (Å²) < 4.78 is 4.85. The first-order chi connectivity index (χ1) is 4.72. The van der Waals surface area contributed by atoms with Crippen LogP contribution in [0.3, 0.4) is 0 Å². The Bertz CT molecular complexity index is 332. The van der Waals surface area contributed by atoms with Crippen molar-refractivity contribution in [1.82, 2.24) is 0 Å². The first kappa shape index (κ1) is 6.56. The molecule has 0 amide bonds. The second kappa shape index (κ2) is 2.36. The molecule has 0 aromatic carbocycles. The van der Waals surface area contributed by atoms with Gasteiger partial charge in [-0.25, -0.2) is 0 Å². The van der Waals surface area contributed by atoms with Gasteiger partial charge in [-0.1, -0.05) is 0 Å². The van der Waals surface area contributed by atoms with Gasteiger partial charge >= 0.3 is 0 Å². The predicted molar refractivity (Wildman–Crippen MR) is 34.4 cm³/mol. The van der Waals surface area contributed by atoms with E-state index < -0.39 is 0 Å². The maximum atomic E-state index is 10.7. The number of aryl methyl sites for hydroxylation is 1. The van der Waals surface area contributed by atoms with E-state index in [1.165, 1.54) is 6.07 Å². The minimum Gasteiger partial charge on any atom is -0.451 e. The third kappa shape index (κ3) is 1.23. The predicted octanol–water partition coefficient (Wildman–Crippen LogP) is 0.820. The molecule has 0 bridgehead atoms. The van der Waals surface area contributed by atoms with E-state index >= 15 is 0 Å². The summed E-state index contributed by atoms with van der Waals surface area (Å²) in [6, 6.07) is 4.24. The summed E-state index contributed by atoms with van der Waals surface area (Å²) in [5, 5.41) is 8.30. The zero-order valence-corrected chi connectivity index (χ0v) is 5.42. The van der Waals surface area contributed by atoms with Gasteiger partial charge in [0.2, 0.25) is 5.76 Å². The third-order valence-corrected chi connectivity index (χ3v) is 1.00. The monoisotopic (exact) mass is 135 g/mol. The average molecular weight is 135 g/mol. The van der Waals surface area contributed by atoms with Crippen molar-refractivity contribution in [3.05, 3.63) is 33.9 Å². The second-order valence-corrected chi connectivity index (χ2v) is 1.88. The lowest BCUT2D eigenvalue weighted by atomic mass is 10.3. The fraction of sp³-hybridized carbons (Fsp3) is 0.143. The molecule has 0 aliphatic heterocycles. The van der Waals surface area contributed by atoms with Gasteiger partial charge in [-0.15, -0.1) is 0 Å². The number of hydrogen-bond acceptors (Lipinski definition) is 3. The van der Waals surface area contributed by atoms with E-state index in [4.69, 9.17) is 9.68 Å². The minimum absolute atomic E-state index is 0.0602. The van der Waals surface area contributed by atoms with Crippen molar-refractivity contribution in [2.45, 2.75) is 6.92 Å². The van der Waals surface area contributed by atoms with Crippen LogP contribution in [-0.2, 0) is 0 Å². The van der Waals surface area contributed by atoms with Crippen molar-refractivity contribution in [2.24, 2.45) is 0 Å². The summed E-state index contributed by atoms with van der Waals surface area (Å²) in [7, 11) is 0. The summed E-state index contributed by atoms with van der Waals surface area (Å²) in [6.07, 6.45) is 0. The third-order valence-electron chi connectivity index (χ3n) is 1.00. The van der Waals surface area contributed by atoms with Crippen molar-refractivity contribution in [3.8, 4) is 6.07 Å². The van der Waals surface area contributed by atoms with Gasteiger partial charge in [0.25, 0.3) is 0 Å². The molecule has 0 spiro atoms. The van der Waals surface area contributed by atoms with Crippen molar-refractivity contribution >= 4 is 0 Å². The van der Waals surface area contributed by atoms with Gasteiger partial charge < -0.3 is 4.42 Å². The lowest BCUT2D eigenvalue weighted by molar-refractivity contribution is 0.501. The summed E-state index contributed by atoms with van der Waals surface area (Å²) in [5.74, 6) is 0.522. The van der Waals surface area contributed by atoms with Crippen molar-refractivity contribution in [3.63, 3.8) is 0 Å². The van der Waals surface area contributed by atoms with E-state index in [9.17, 15) is 4.79 Å². The fourth-order valence-corrected chi connectivity index (χ4v) is 0.659. The molecule has 10 heavy (non-hydrogen) atoms. The molecule has 3 nitrogen and oxygen atoms in total. The summed E-state index contributed by atoms with van der Waals surface area (Å²) in [6.45, 7) is 1.63. The molecule has 0 N–H and O–H groups in total. The molecule has 0 aliphatic carbocycles. The van der Waals surface area contributed by atoms with E-state index in [0.29, 0.717) is 5.76 Å². The Labute approximate surface area is 57.5 Å². The van der Waals surface area contributed by atoms with Crippen molar-refractivity contribution in [2.75, 3.05) is 0 Å². The fourth-order valence-electron chi connectivity index (χ4n) is 0.659. The lowest BCUT2D eigenvalue weighted by Gasteiger charge is -1.89. The van der Waals surface area contributed by atoms with E-state index in [-0.39, 0.29) is 11.2 Å². The standard InChI is InChI=1S/C7H5NO2/c1-5-2-6(9)3-7(4-8)10-5/h2-3H,1H3. The van der Waals surface area contributed by atoms with Gasteiger partial charge in [0.05, 0.1) is 0 Å². The highest BCUT2D eigenvalue weighted by molar-refractivity contribution is 5.16. The van der Waals surface area contributed by atoms with Crippen LogP contribution in [0.4, 0.5) is 0 Å². The molecule has 0 radical (unpaired) electrons. The molecule has 0 saturated heterocycles. The highest BCUT2D eigenvalue weighted by atomic mass is 16.3. The SMILES string of the molecule is Cc1cc(=O)cc(C#N)o1. The molecule has 0 atom stereocenters. The summed E-state index contributed by atoms with van der Waals surface area (Å²) >= 11 is 0. The number of rotatable bonds is 0. The van der Waals surface area contributed by atoms with Gasteiger partial charge in [-0.3, -0.25) is 4.79 Å². The van der Waals surface area contributed by atoms with Crippen LogP contribution in [-0.4, -0.2) is 0 Å². The second-order valence-electron chi connectivity index (χ2n) is 1.88. The van der Waals surface area contributed by atoms with Crippen LogP contribution in [0, 0.1) is 18.3 Å². The van der Waals surface area contributed by atoms with Gasteiger partial charge in [0.15, 0.2) is 5.43 Å². The van der Waals surface area contributed by atoms with E-state index in [2.05, 4.69) is 0 Å². The van der Waals surface area contributed by atoms with Crippen LogP contribution in [0.15, 0.2) is 21.3 Å². The summed E-state index contributed by atoms with van der Waals surface area (Å²) in [5.41, 5.74) is -0.194. The van der Waals surface area contributed by atoms with Gasteiger partial charge in [-0.05, 0) is 6.92 Å². The zero-order valence-electron chi connectivity index (χ0n) is 5.42. The number of nitrogens with zero attached hydrogens (tertiary/aromatic N) is 1. The van der Waals surface area contributed by atoms with Gasteiger partial charge in [0.1, 0.15) is 11.8 Å². The van der Waals surface area contributed by atoms with Gasteiger partial charge in [-0.2, -0.15) is 5.26 Å². The summed E-state index contributed by atoms with van der Waals surface area (Å²) in [4.78, 5) is 10.7. The molecule has 1 heterocycles. The Kier molecular flexibility index (Phi) is 1.55. The molecule has 0 saturated carbocycles. The highest BCUT2D eigenvalue weighted by Crippen LogP contribution is 1.96. The molecule has 0 fully saturated rings. The van der Waals surface area contributed by atoms with E-state index in [0.717, 1.165) is 6.07 Å². The Morgan fingerprint density at radius 1 is 1.60 bits per heavy atom. The normalized spacial score (nSPS) is 8.80. The molecule has 0 aliphatic rings. The van der Waals surface area contributed by atoms with Gasteiger partial charge in [0, 0.05) is 12.1 Å². The Morgan fingerprint density at radius 3 is 2.80 bits per heavy atom. The molecule has 1 aromatic heterocycles. The van der Waals surface area contributed by atoms with E-state index in [1.54, 1.807) is 13.0 Å². The zero-order chi connectivity index (χ0) is 7.56.